The lowest BCUT2D eigenvalue weighted by atomic mass is 10.0. The van der Waals surface area contributed by atoms with Gasteiger partial charge in [0.15, 0.2) is 5.69 Å². The van der Waals surface area contributed by atoms with Gasteiger partial charge in [0.2, 0.25) is 5.91 Å². The third-order valence-corrected chi connectivity index (χ3v) is 4.15. The summed E-state index contributed by atoms with van der Waals surface area (Å²) in [6.07, 6.45) is -2.63. The second-order valence-electron chi connectivity index (χ2n) is 5.49. The van der Waals surface area contributed by atoms with Crippen LogP contribution in [0.25, 0.3) is 0 Å². The fraction of sp³-hybridized carbons (Fsp3) is 0.692. The normalized spacial score (nSPS) is 19.9. The first-order valence-electron chi connectivity index (χ1n) is 6.78. The first-order chi connectivity index (χ1) is 9.70. The summed E-state index contributed by atoms with van der Waals surface area (Å²) in [6.45, 7) is 4.55. The first-order valence-corrected chi connectivity index (χ1v) is 7.15. The van der Waals surface area contributed by atoms with E-state index in [0.717, 1.165) is 17.5 Å². The van der Waals surface area contributed by atoms with Gasteiger partial charge >= 0.3 is 6.18 Å². The van der Waals surface area contributed by atoms with Gasteiger partial charge in [0.05, 0.1) is 10.7 Å². The maximum absolute atomic E-state index is 12.7. The van der Waals surface area contributed by atoms with Crippen molar-refractivity contribution >= 4 is 17.5 Å². The summed E-state index contributed by atoms with van der Waals surface area (Å²) in [5.41, 5.74) is -0.983. The largest absolute Gasteiger partial charge is 0.436 e. The second-order valence-corrected chi connectivity index (χ2v) is 5.87. The zero-order valence-corrected chi connectivity index (χ0v) is 12.6. The number of likely N-dealkylation sites (tertiary alicyclic amines) is 1. The molecule has 1 atom stereocenters. The molecule has 0 saturated carbocycles. The molecule has 0 aliphatic carbocycles. The van der Waals surface area contributed by atoms with E-state index in [1.54, 1.807) is 4.90 Å². The Bertz CT molecular complexity index is 541. The van der Waals surface area contributed by atoms with Gasteiger partial charge in [-0.25, -0.2) is 0 Å². The van der Waals surface area contributed by atoms with Gasteiger partial charge in [0.25, 0.3) is 0 Å². The average molecular weight is 324 g/mol. The Morgan fingerprint density at radius 1 is 1.48 bits per heavy atom. The fourth-order valence-corrected chi connectivity index (χ4v) is 2.75. The number of carbonyl (C=O) groups is 1. The maximum atomic E-state index is 12.7. The molecule has 118 valence electrons. The zero-order valence-electron chi connectivity index (χ0n) is 11.9. The van der Waals surface area contributed by atoms with Crippen molar-refractivity contribution in [1.82, 2.24) is 14.7 Å². The Hall–Kier alpha value is -1.24. The van der Waals surface area contributed by atoms with E-state index >= 15 is 0 Å². The number of amides is 1. The summed E-state index contributed by atoms with van der Waals surface area (Å²) in [7, 11) is 0. The number of aromatic nitrogens is 2. The van der Waals surface area contributed by atoms with Gasteiger partial charge in [-0.2, -0.15) is 18.3 Å². The highest BCUT2D eigenvalue weighted by Gasteiger charge is 2.38. The van der Waals surface area contributed by atoms with Crippen LogP contribution in [0.5, 0.6) is 0 Å². The molecule has 0 aromatic carbocycles. The standard InChI is InChI=1S/C13H17ClF3N3O/c1-8-4-3-5-19(6-8)10(21)7-20-9(2)11(14)12(18-20)13(15,16)17/h8H,3-7H2,1-2H3/t8-/m1/s1. The molecule has 21 heavy (non-hydrogen) atoms. The second kappa shape index (κ2) is 5.87. The van der Waals surface area contributed by atoms with Crippen molar-refractivity contribution < 1.29 is 18.0 Å². The van der Waals surface area contributed by atoms with Gasteiger partial charge in [0.1, 0.15) is 6.54 Å². The number of carbonyl (C=O) groups excluding carboxylic acids is 1. The van der Waals surface area contributed by atoms with E-state index in [2.05, 4.69) is 12.0 Å². The van der Waals surface area contributed by atoms with E-state index in [-0.39, 0.29) is 18.1 Å². The molecule has 1 aliphatic rings. The van der Waals surface area contributed by atoms with Gasteiger partial charge < -0.3 is 4.90 Å². The molecule has 0 bridgehead atoms. The van der Waals surface area contributed by atoms with Crippen LogP contribution in [0.1, 0.15) is 31.2 Å². The lowest BCUT2D eigenvalue weighted by molar-refractivity contribution is -0.142. The van der Waals surface area contributed by atoms with Crippen molar-refractivity contribution in [2.24, 2.45) is 5.92 Å². The summed E-state index contributed by atoms with van der Waals surface area (Å²) in [5, 5.41) is 3.00. The molecular weight excluding hydrogens is 307 g/mol. The molecule has 8 heteroatoms. The van der Waals surface area contributed by atoms with Crippen molar-refractivity contribution in [3.05, 3.63) is 16.4 Å². The number of halogens is 4. The fourth-order valence-electron chi connectivity index (χ4n) is 2.50. The Kier molecular flexibility index (Phi) is 4.51. The average Bonchev–Trinajstić information content (AvgIpc) is 2.67. The van der Waals surface area contributed by atoms with Crippen molar-refractivity contribution in [2.75, 3.05) is 13.1 Å². The van der Waals surface area contributed by atoms with Crippen LogP contribution in [-0.4, -0.2) is 33.7 Å². The maximum Gasteiger partial charge on any atom is 0.436 e. The molecule has 2 heterocycles. The zero-order chi connectivity index (χ0) is 15.8. The quantitative estimate of drug-likeness (QED) is 0.838. The number of piperidine rings is 1. The minimum atomic E-state index is -4.62. The molecule has 0 radical (unpaired) electrons. The van der Waals surface area contributed by atoms with Crippen LogP contribution in [0, 0.1) is 12.8 Å². The number of rotatable bonds is 2. The third kappa shape index (κ3) is 3.51. The number of nitrogens with zero attached hydrogens (tertiary/aromatic N) is 3. The molecule has 1 amide bonds. The lowest BCUT2D eigenvalue weighted by Gasteiger charge is -2.31. The van der Waals surface area contributed by atoms with E-state index in [0.29, 0.717) is 19.0 Å². The molecule has 1 fully saturated rings. The van der Waals surface area contributed by atoms with E-state index in [4.69, 9.17) is 11.6 Å². The van der Waals surface area contributed by atoms with Crippen LogP contribution >= 0.6 is 11.6 Å². The first kappa shape index (κ1) is 16.1. The minimum Gasteiger partial charge on any atom is -0.341 e. The molecule has 4 nitrogen and oxygen atoms in total. The highest BCUT2D eigenvalue weighted by Crippen LogP contribution is 2.35. The molecule has 1 aliphatic heterocycles. The topological polar surface area (TPSA) is 38.1 Å². The number of alkyl halides is 3. The van der Waals surface area contributed by atoms with Crippen LogP contribution < -0.4 is 0 Å². The van der Waals surface area contributed by atoms with E-state index < -0.39 is 16.9 Å². The van der Waals surface area contributed by atoms with Crippen LogP contribution in [-0.2, 0) is 17.5 Å². The molecule has 0 spiro atoms. The Morgan fingerprint density at radius 2 is 2.14 bits per heavy atom. The highest BCUT2D eigenvalue weighted by atomic mass is 35.5. The Morgan fingerprint density at radius 3 is 2.67 bits per heavy atom. The molecule has 1 aromatic rings. The van der Waals surface area contributed by atoms with Gasteiger partial charge in [-0.1, -0.05) is 18.5 Å². The summed E-state index contributed by atoms with van der Waals surface area (Å²) < 4.78 is 39.2. The molecular formula is C13H17ClF3N3O. The summed E-state index contributed by atoms with van der Waals surface area (Å²) in [4.78, 5) is 13.9. The molecule has 1 saturated heterocycles. The van der Waals surface area contributed by atoms with Gasteiger partial charge in [-0.3, -0.25) is 9.48 Å². The number of hydrogen-bond acceptors (Lipinski definition) is 2. The Labute approximate surface area is 125 Å². The van der Waals surface area contributed by atoms with Crippen LogP contribution in [0.15, 0.2) is 0 Å². The molecule has 1 aromatic heterocycles. The van der Waals surface area contributed by atoms with E-state index in [1.165, 1.54) is 6.92 Å². The van der Waals surface area contributed by atoms with Gasteiger partial charge in [-0.15, -0.1) is 0 Å². The van der Waals surface area contributed by atoms with Crippen molar-refractivity contribution in [1.29, 1.82) is 0 Å². The highest BCUT2D eigenvalue weighted by molar-refractivity contribution is 6.32. The van der Waals surface area contributed by atoms with E-state index in [1.807, 2.05) is 0 Å². The molecule has 0 N–H and O–H groups in total. The smallest absolute Gasteiger partial charge is 0.341 e. The predicted molar refractivity (Wildman–Crippen MR) is 72.0 cm³/mol. The number of hydrogen-bond donors (Lipinski definition) is 0. The monoisotopic (exact) mass is 323 g/mol. The van der Waals surface area contributed by atoms with Gasteiger partial charge in [-0.05, 0) is 25.7 Å². The summed E-state index contributed by atoms with van der Waals surface area (Å²) in [6, 6.07) is 0. The van der Waals surface area contributed by atoms with Gasteiger partial charge in [0, 0.05) is 13.1 Å². The van der Waals surface area contributed by atoms with E-state index in [9.17, 15) is 18.0 Å². The SMILES string of the molecule is Cc1c(Cl)c(C(F)(F)F)nn1CC(=O)N1CCC[C@@H](C)C1. The van der Waals surface area contributed by atoms with Crippen LogP contribution in [0.2, 0.25) is 5.02 Å². The van der Waals surface area contributed by atoms with Crippen molar-refractivity contribution in [2.45, 2.75) is 39.4 Å². The Balaban J connectivity index is 2.14. The van der Waals surface area contributed by atoms with Crippen LogP contribution in [0.3, 0.4) is 0 Å². The predicted octanol–water partition coefficient (Wildman–Crippen LogP) is 3.12. The summed E-state index contributed by atoms with van der Waals surface area (Å²) in [5.74, 6) is 0.188. The third-order valence-electron chi connectivity index (χ3n) is 3.70. The minimum absolute atomic E-state index is 0.155. The van der Waals surface area contributed by atoms with Crippen molar-refractivity contribution in [3.63, 3.8) is 0 Å². The van der Waals surface area contributed by atoms with Crippen LogP contribution in [0.4, 0.5) is 13.2 Å². The van der Waals surface area contributed by atoms with Crippen molar-refractivity contribution in [3.8, 4) is 0 Å². The summed E-state index contributed by atoms with van der Waals surface area (Å²) >= 11 is 5.66. The molecule has 0 unspecified atom stereocenters. The molecule has 2 rings (SSSR count). The lowest BCUT2D eigenvalue weighted by Crippen LogP contribution is -2.41.